The average molecular weight is 240 g/mol. The normalized spacial score (nSPS) is 10.6. The summed E-state index contributed by atoms with van der Waals surface area (Å²) in [6.07, 6.45) is 6.18. The summed E-state index contributed by atoms with van der Waals surface area (Å²) in [4.78, 5) is 3.87. The first kappa shape index (κ1) is 12.3. The van der Waals surface area contributed by atoms with Gasteiger partial charge in [-0.15, -0.1) is 6.42 Å². The highest BCUT2D eigenvalue weighted by Crippen LogP contribution is 2.23. The molecule has 0 fully saturated rings. The Kier molecular flexibility index (Phi) is 3.74. The minimum Gasteiger partial charge on any atom is -0.479 e. The van der Waals surface area contributed by atoms with E-state index in [4.69, 9.17) is 11.2 Å². The lowest BCUT2D eigenvalue weighted by molar-refractivity contribution is 0.396. The summed E-state index contributed by atoms with van der Waals surface area (Å²) in [6.45, 7) is 0.316. The maximum Gasteiger partial charge on any atom is 0.238 e. The molecule has 16 heavy (non-hydrogen) atoms. The van der Waals surface area contributed by atoms with Gasteiger partial charge in [0.2, 0.25) is 5.88 Å². The monoisotopic (exact) mass is 240 g/mol. The van der Waals surface area contributed by atoms with E-state index in [0.29, 0.717) is 12.2 Å². The van der Waals surface area contributed by atoms with Crippen molar-refractivity contribution in [3.8, 4) is 18.2 Å². The number of rotatable bonds is 4. The van der Waals surface area contributed by atoms with Crippen molar-refractivity contribution in [1.82, 2.24) is 4.98 Å². The second-order valence-electron chi connectivity index (χ2n) is 3.04. The molecule has 0 spiro atoms. The van der Waals surface area contributed by atoms with Crippen LogP contribution in [-0.2, 0) is 9.84 Å². The van der Waals surface area contributed by atoms with Crippen LogP contribution in [0.2, 0.25) is 0 Å². The van der Waals surface area contributed by atoms with Crippen LogP contribution in [0.4, 0.5) is 5.69 Å². The Morgan fingerprint density at radius 3 is 2.75 bits per heavy atom. The van der Waals surface area contributed by atoms with Crippen LogP contribution in [0.1, 0.15) is 0 Å². The maximum absolute atomic E-state index is 11.3. The summed E-state index contributed by atoms with van der Waals surface area (Å²) in [5.41, 5.74) is 0.563. The molecule has 0 aliphatic heterocycles. The molecule has 0 aromatic carbocycles. The molecule has 0 radical (unpaired) electrons. The van der Waals surface area contributed by atoms with Gasteiger partial charge in [-0.1, -0.05) is 5.92 Å². The zero-order valence-electron chi connectivity index (χ0n) is 9.02. The van der Waals surface area contributed by atoms with Gasteiger partial charge in [-0.05, 0) is 12.1 Å². The number of nitrogens with one attached hydrogen (secondary N) is 1. The van der Waals surface area contributed by atoms with Gasteiger partial charge in [0.15, 0.2) is 14.9 Å². The van der Waals surface area contributed by atoms with Gasteiger partial charge in [-0.3, -0.25) is 0 Å². The van der Waals surface area contributed by atoms with Crippen LogP contribution >= 0.6 is 0 Å². The van der Waals surface area contributed by atoms with Gasteiger partial charge < -0.3 is 10.1 Å². The molecule has 0 aliphatic rings. The zero-order valence-corrected chi connectivity index (χ0v) is 9.84. The fourth-order valence-corrected chi connectivity index (χ4v) is 1.63. The Labute approximate surface area is 94.8 Å². The lowest BCUT2D eigenvalue weighted by Crippen LogP contribution is -2.06. The lowest BCUT2D eigenvalue weighted by atomic mass is 10.4. The minimum atomic E-state index is -3.33. The predicted octanol–water partition coefficient (Wildman–Crippen LogP) is 0.539. The lowest BCUT2D eigenvalue weighted by Gasteiger charge is -2.09. The van der Waals surface area contributed by atoms with Gasteiger partial charge in [0, 0.05) is 6.26 Å². The summed E-state index contributed by atoms with van der Waals surface area (Å²) < 4.78 is 27.5. The molecule has 6 heteroatoms. The Balaban J connectivity index is 3.13. The smallest absolute Gasteiger partial charge is 0.238 e. The van der Waals surface area contributed by atoms with Gasteiger partial charge >= 0.3 is 0 Å². The first-order chi connectivity index (χ1) is 7.49. The van der Waals surface area contributed by atoms with Gasteiger partial charge in [0.05, 0.1) is 19.3 Å². The summed E-state index contributed by atoms with van der Waals surface area (Å²) in [7, 11) is -1.92. The van der Waals surface area contributed by atoms with Crippen molar-refractivity contribution in [1.29, 1.82) is 0 Å². The third kappa shape index (κ3) is 2.87. The first-order valence-electron chi connectivity index (χ1n) is 4.41. The van der Waals surface area contributed by atoms with Crippen LogP contribution in [0, 0.1) is 12.3 Å². The Morgan fingerprint density at radius 2 is 2.25 bits per heavy atom. The number of terminal acetylenes is 1. The average Bonchev–Trinajstić information content (AvgIpc) is 2.24. The molecule has 5 nitrogen and oxygen atoms in total. The second-order valence-corrected chi connectivity index (χ2v) is 5.00. The van der Waals surface area contributed by atoms with Crippen LogP contribution in [0.25, 0.3) is 0 Å². The van der Waals surface area contributed by atoms with E-state index in [1.54, 1.807) is 6.07 Å². The van der Waals surface area contributed by atoms with Crippen molar-refractivity contribution >= 4 is 15.5 Å². The fraction of sp³-hybridized carbons (Fsp3) is 0.300. The standard InChI is InChI=1S/C10H12N2O3S/c1-4-7-11-8-5-6-9(16(3,13)14)12-10(8)15-2/h1,5-6,11H,7H2,2-3H3. The number of methoxy groups -OCH3 is 1. The van der Waals surface area contributed by atoms with Gasteiger partial charge in [-0.25, -0.2) is 8.42 Å². The molecular formula is C10H12N2O3S. The van der Waals surface area contributed by atoms with Crippen molar-refractivity contribution in [2.75, 3.05) is 25.2 Å². The van der Waals surface area contributed by atoms with Crippen LogP contribution in [0.15, 0.2) is 17.2 Å². The number of aromatic nitrogens is 1. The highest BCUT2D eigenvalue weighted by atomic mass is 32.2. The molecule has 1 aromatic heterocycles. The fourth-order valence-electron chi connectivity index (χ4n) is 1.07. The quantitative estimate of drug-likeness (QED) is 0.778. The van der Waals surface area contributed by atoms with Crippen LogP contribution < -0.4 is 10.1 Å². The predicted molar refractivity (Wildman–Crippen MR) is 61.2 cm³/mol. The largest absolute Gasteiger partial charge is 0.479 e. The van der Waals surface area contributed by atoms with E-state index in [0.717, 1.165) is 6.26 Å². The third-order valence-electron chi connectivity index (χ3n) is 1.79. The SMILES string of the molecule is C#CCNc1ccc(S(C)(=O)=O)nc1OC. The topological polar surface area (TPSA) is 68.3 Å². The molecule has 0 saturated carbocycles. The number of hydrogen-bond donors (Lipinski definition) is 1. The van der Waals surface area contributed by atoms with E-state index in [2.05, 4.69) is 16.2 Å². The minimum absolute atomic E-state index is 0.0318. The number of sulfone groups is 1. The molecule has 1 heterocycles. The number of nitrogens with zero attached hydrogens (tertiary/aromatic N) is 1. The maximum atomic E-state index is 11.3. The molecule has 0 atom stereocenters. The second kappa shape index (κ2) is 4.86. The first-order valence-corrected chi connectivity index (χ1v) is 6.30. The number of ether oxygens (including phenoxy) is 1. The summed E-state index contributed by atoms with van der Waals surface area (Å²) in [6, 6.07) is 2.97. The molecule has 1 N–H and O–H groups in total. The van der Waals surface area contributed by atoms with Gasteiger partial charge in [-0.2, -0.15) is 4.98 Å². The molecule has 1 aromatic rings. The Hall–Kier alpha value is -1.74. The Bertz CT molecular complexity index is 517. The molecule has 0 unspecified atom stereocenters. The van der Waals surface area contributed by atoms with Crippen LogP contribution in [0.5, 0.6) is 5.88 Å². The summed E-state index contributed by atoms with van der Waals surface area (Å²) in [5.74, 6) is 2.61. The number of pyridine rings is 1. The zero-order chi connectivity index (χ0) is 12.2. The van der Waals surface area contributed by atoms with Crippen molar-refractivity contribution in [2.45, 2.75) is 5.03 Å². The van der Waals surface area contributed by atoms with E-state index in [-0.39, 0.29) is 10.9 Å². The van der Waals surface area contributed by atoms with E-state index < -0.39 is 9.84 Å². The molecule has 1 rings (SSSR count). The van der Waals surface area contributed by atoms with Gasteiger partial charge in [0.25, 0.3) is 0 Å². The van der Waals surface area contributed by atoms with Crippen molar-refractivity contribution < 1.29 is 13.2 Å². The third-order valence-corrected chi connectivity index (χ3v) is 2.78. The molecule has 0 aliphatic carbocycles. The van der Waals surface area contributed by atoms with E-state index in [1.165, 1.54) is 13.2 Å². The highest BCUT2D eigenvalue weighted by Gasteiger charge is 2.12. The summed E-state index contributed by atoms with van der Waals surface area (Å²) >= 11 is 0. The van der Waals surface area contributed by atoms with E-state index in [9.17, 15) is 8.42 Å². The molecule has 0 bridgehead atoms. The van der Waals surface area contributed by atoms with Gasteiger partial charge in [0.1, 0.15) is 0 Å². The van der Waals surface area contributed by atoms with E-state index in [1.807, 2.05) is 0 Å². The highest BCUT2D eigenvalue weighted by molar-refractivity contribution is 7.90. The van der Waals surface area contributed by atoms with Crippen molar-refractivity contribution in [3.05, 3.63) is 12.1 Å². The Morgan fingerprint density at radius 1 is 1.56 bits per heavy atom. The number of anilines is 1. The van der Waals surface area contributed by atoms with Crippen molar-refractivity contribution in [2.24, 2.45) is 0 Å². The van der Waals surface area contributed by atoms with Crippen molar-refractivity contribution in [3.63, 3.8) is 0 Å². The molecule has 0 saturated heterocycles. The summed E-state index contributed by atoms with van der Waals surface area (Å²) in [5, 5.41) is 2.84. The molecule has 0 amide bonds. The molecule has 86 valence electrons. The van der Waals surface area contributed by atoms with Crippen LogP contribution in [-0.4, -0.2) is 33.3 Å². The number of hydrogen-bond acceptors (Lipinski definition) is 5. The molecular weight excluding hydrogens is 228 g/mol. The van der Waals surface area contributed by atoms with E-state index >= 15 is 0 Å². The van der Waals surface area contributed by atoms with Crippen LogP contribution in [0.3, 0.4) is 0 Å².